The molecule has 3 saturated carbocycles. The van der Waals surface area contributed by atoms with Gasteiger partial charge in [-0.25, -0.2) is 0 Å². The fourth-order valence-corrected chi connectivity index (χ4v) is 8.25. The lowest BCUT2D eigenvalue weighted by Crippen LogP contribution is -2.51. The van der Waals surface area contributed by atoms with Gasteiger partial charge in [0.15, 0.2) is 5.78 Å². The molecule has 4 aliphatic carbocycles. The summed E-state index contributed by atoms with van der Waals surface area (Å²) in [6.45, 7) is 15.2. The molecule has 0 aromatic heterocycles. The minimum atomic E-state index is 0.0184. The first-order valence-corrected chi connectivity index (χ1v) is 13.7. The number of ketones is 1. The van der Waals surface area contributed by atoms with E-state index in [2.05, 4.69) is 52.2 Å². The zero-order valence-electron chi connectivity index (χ0n) is 22.4. The van der Waals surface area contributed by atoms with Crippen LogP contribution in [0.4, 0.5) is 0 Å². The van der Waals surface area contributed by atoms with E-state index < -0.39 is 0 Å². The third-order valence-corrected chi connectivity index (χ3v) is 10.0. The Morgan fingerprint density at radius 2 is 1.82 bits per heavy atom. The number of amides is 1. The van der Waals surface area contributed by atoms with Gasteiger partial charge >= 0.3 is 0 Å². The van der Waals surface area contributed by atoms with Crippen LogP contribution in [-0.2, 0) is 9.59 Å². The molecule has 0 spiro atoms. The van der Waals surface area contributed by atoms with Crippen LogP contribution in [0.2, 0.25) is 0 Å². The first-order chi connectivity index (χ1) is 15.9. The zero-order chi connectivity index (χ0) is 24.7. The monoisotopic (exact) mass is 469 g/mol. The van der Waals surface area contributed by atoms with Crippen molar-refractivity contribution < 1.29 is 9.59 Å². The summed E-state index contributed by atoms with van der Waals surface area (Å²) in [4.78, 5) is 29.2. The Bertz CT molecular complexity index is 869. The maximum absolute atomic E-state index is 12.4. The number of carbonyl (C=O) groups is 2. The van der Waals surface area contributed by atoms with Crippen LogP contribution >= 0.6 is 0 Å². The van der Waals surface area contributed by atoms with Crippen LogP contribution in [-0.4, -0.2) is 42.6 Å². The van der Waals surface area contributed by atoms with Gasteiger partial charge in [-0.2, -0.15) is 0 Å². The third-order valence-electron chi connectivity index (χ3n) is 10.0. The molecule has 34 heavy (non-hydrogen) atoms. The second-order valence-corrected chi connectivity index (χ2v) is 13.1. The molecule has 0 unspecified atom stereocenters. The number of nitrogens with one attached hydrogen (secondary N) is 2. The van der Waals surface area contributed by atoms with Gasteiger partial charge in [0.05, 0.1) is 0 Å². The van der Waals surface area contributed by atoms with E-state index in [0.29, 0.717) is 23.7 Å². The van der Waals surface area contributed by atoms with Crippen LogP contribution in [0.3, 0.4) is 0 Å². The fraction of sp³-hybridized carbons (Fsp3) is 0.828. The molecular weight excluding hydrogens is 422 g/mol. The highest BCUT2D eigenvalue weighted by Crippen LogP contribution is 2.66. The number of fused-ring (bicyclic) bond motifs is 5. The van der Waals surface area contributed by atoms with E-state index in [0.717, 1.165) is 43.6 Å². The van der Waals surface area contributed by atoms with Crippen molar-refractivity contribution in [3.8, 4) is 0 Å². The largest absolute Gasteiger partial charge is 0.353 e. The van der Waals surface area contributed by atoms with Crippen molar-refractivity contribution in [2.24, 2.45) is 39.5 Å². The first-order valence-electron chi connectivity index (χ1n) is 13.7. The van der Waals surface area contributed by atoms with Gasteiger partial charge < -0.3 is 10.6 Å². The number of rotatable bonds is 6. The molecule has 0 heterocycles. The van der Waals surface area contributed by atoms with E-state index in [1.54, 1.807) is 0 Å². The van der Waals surface area contributed by atoms with E-state index in [-0.39, 0.29) is 23.4 Å². The topological polar surface area (TPSA) is 70.6 Å². The lowest BCUT2D eigenvalue weighted by atomic mass is 9.46. The van der Waals surface area contributed by atoms with Gasteiger partial charge in [-0.15, -0.1) is 0 Å². The predicted octanol–water partition coefficient (Wildman–Crippen LogP) is 5.10. The van der Waals surface area contributed by atoms with Crippen LogP contribution in [0.5, 0.6) is 0 Å². The Morgan fingerprint density at radius 1 is 1.06 bits per heavy atom. The quantitative estimate of drug-likeness (QED) is 0.420. The number of nitrogens with zero attached hydrogens (tertiary/aromatic N) is 1. The second-order valence-electron chi connectivity index (χ2n) is 13.1. The van der Waals surface area contributed by atoms with Crippen molar-refractivity contribution in [1.29, 1.82) is 0 Å². The Hall–Kier alpha value is -1.49. The summed E-state index contributed by atoms with van der Waals surface area (Å²) in [5.74, 6) is 3.09. The molecule has 0 bridgehead atoms. The van der Waals surface area contributed by atoms with Crippen molar-refractivity contribution in [1.82, 2.24) is 10.6 Å². The highest BCUT2D eigenvalue weighted by atomic mass is 16.1. The molecule has 4 rings (SSSR count). The predicted molar refractivity (Wildman–Crippen MR) is 139 cm³/mol. The Labute approximate surface area is 207 Å². The van der Waals surface area contributed by atoms with Gasteiger partial charge in [0.1, 0.15) is 6.54 Å². The molecule has 2 N–H and O–H groups in total. The maximum atomic E-state index is 12.4. The van der Waals surface area contributed by atoms with E-state index in [1.807, 2.05) is 6.08 Å². The van der Waals surface area contributed by atoms with E-state index in [1.165, 1.54) is 43.4 Å². The summed E-state index contributed by atoms with van der Waals surface area (Å²) < 4.78 is 0. The van der Waals surface area contributed by atoms with E-state index in [9.17, 15) is 9.59 Å². The smallest absolute Gasteiger partial charge is 0.241 e. The number of carbonyl (C=O) groups excluding carboxylic acids is 2. The summed E-state index contributed by atoms with van der Waals surface area (Å²) >= 11 is 0. The molecule has 0 radical (unpaired) electrons. The van der Waals surface area contributed by atoms with Crippen molar-refractivity contribution in [2.75, 3.05) is 19.6 Å². The Balaban J connectivity index is 1.37. The molecular formula is C29H47N3O2. The van der Waals surface area contributed by atoms with E-state index >= 15 is 0 Å². The summed E-state index contributed by atoms with van der Waals surface area (Å²) in [7, 11) is 0. The maximum Gasteiger partial charge on any atom is 0.241 e. The van der Waals surface area contributed by atoms with E-state index in [4.69, 9.17) is 4.99 Å². The van der Waals surface area contributed by atoms with Gasteiger partial charge in [0.25, 0.3) is 0 Å². The SMILES string of the molecule is CC(=NCC(=O)NCCNC(C)(C)C)[C@H]1CC[C@H]2[C@@H]3CCC4=CC(=O)CC[C@]4(C)[C@H]3CC[C@]12C. The average molecular weight is 470 g/mol. The molecule has 0 aliphatic heterocycles. The second kappa shape index (κ2) is 9.52. The Morgan fingerprint density at radius 3 is 2.56 bits per heavy atom. The van der Waals surface area contributed by atoms with Gasteiger partial charge in [-0.05, 0) is 107 Å². The minimum Gasteiger partial charge on any atom is -0.353 e. The molecule has 190 valence electrons. The summed E-state index contributed by atoms with van der Waals surface area (Å²) in [5, 5.41) is 6.40. The summed E-state index contributed by atoms with van der Waals surface area (Å²) in [5.41, 5.74) is 3.22. The van der Waals surface area contributed by atoms with Crippen molar-refractivity contribution in [2.45, 2.75) is 98.4 Å². The molecule has 6 atom stereocenters. The molecule has 0 aromatic rings. The van der Waals surface area contributed by atoms with Crippen molar-refractivity contribution in [3.63, 3.8) is 0 Å². The van der Waals surface area contributed by atoms with Crippen LogP contribution in [0, 0.1) is 34.5 Å². The van der Waals surface area contributed by atoms with Crippen molar-refractivity contribution in [3.05, 3.63) is 11.6 Å². The molecule has 0 saturated heterocycles. The number of aliphatic imine (C=N–C) groups is 1. The molecule has 5 nitrogen and oxygen atoms in total. The summed E-state index contributed by atoms with van der Waals surface area (Å²) in [6, 6.07) is 0. The molecule has 1 amide bonds. The number of hydrogen-bond acceptors (Lipinski definition) is 4. The number of hydrogen-bond donors (Lipinski definition) is 2. The highest BCUT2D eigenvalue weighted by Gasteiger charge is 2.59. The van der Waals surface area contributed by atoms with Gasteiger partial charge in [0, 0.05) is 36.7 Å². The van der Waals surface area contributed by atoms with Crippen LogP contribution in [0.25, 0.3) is 0 Å². The lowest BCUT2D eigenvalue weighted by molar-refractivity contribution is -0.119. The van der Waals surface area contributed by atoms with Gasteiger partial charge in [-0.3, -0.25) is 14.6 Å². The third kappa shape index (κ3) is 4.92. The van der Waals surface area contributed by atoms with Crippen LogP contribution in [0.1, 0.15) is 92.9 Å². The molecule has 4 aliphatic rings. The standard InChI is InChI=1S/C29H47N3O2/c1-19(31-18-26(34)30-15-16-32-27(2,3)4)23-9-10-24-22-8-7-20-17-21(33)11-13-28(20,5)25(22)12-14-29(23,24)6/h17,22-25,32H,7-16,18H2,1-6H3,(H,30,34)/t22-,23+,24-,25-,28-,29+/m0/s1. The van der Waals surface area contributed by atoms with Crippen LogP contribution in [0.15, 0.2) is 16.6 Å². The van der Waals surface area contributed by atoms with Crippen LogP contribution < -0.4 is 10.6 Å². The fourth-order valence-electron chi connectivity index (χ4n) is 8.25. The molecule has 5 heteroatoms. The molecule has 3 fully saturated rings. The minimum absolute atomic E-state index is 0.0184. The number of allylic oxidation sites excluding steroid dienone is 1. The lowest BCUT2D eigenvalue weighted by Gasteiger charge is -2.58. The average Bonchev–Trinajstić information content (AvgIpc) is 3.12. The van der Waals surface area contributed by atoms with Gasteiger partial charge in [-0.1, -0.05) is 19.4 Å². The van der Waals surface area contributed by atoms with Crippen molar-refractivity contribution >= 4 is 17.4 Å². The van der Waals surface area contributed by atoms with Gasteiger partial charge in [0.2, 0.25) is 5.91 Å². The highest BCUT2D eigenvalue weighted by molar-refractivity contribution is 5.91. The normalized spacial score (nSPS) is 38.0. The Kier molecular flexibility index (Phi) is 7.17. The first kappa shape index (κ1) is 25.6. The zero-order valence-corrected chi connectivity index (χ0v) is 22.4. The molecule has 0 aromatic carbocycles. The summed E-state index contributed by atoms with van der Waals surface area (Å²) in [6.07, 6.45) is 11.1.